The largest absolute Gasteiger partial charge is 0.471 e. The van der Waals surface area contributed by atoms with Crippen molar-refractivity contribution < 1.29 is 23.0 Å². The Balaban J connectivity index is 1.39. The summed E-state index contributed by atoms with van der Waals surface area (Å²) in [7, 11) is 0. The summed E-state index contributed by atoms with van der Waals surface area (Å²) in [5, 5.41) is 3.45. The predicted octanol–water partition coefficient (Wildman–Crippen LogP) is 0.911. The van der Waals surface area contributed by atoms with Crippen LogP contribution >= 0.6 is 0 Å². The summed E-state index contributed by atoms with van der Waals surface area (Å²) >= 11 is 0. The molecule has 3 heterocycles. The minimum absolute atomic E-state index is 0.0200. The van der Waals surface area contributed by atoms with Gasteiger partial charge in [-0.2, -0.15) is 0 Å². The summed E-state index contributed by atoms with van der Waals surface area (Å²) in [5.74, 6) is 0.107. The number of nitrogens with zero attached hydrogens (tertiary/aromatic N) is 4. The number of anilines is 1. The van der Waals surface area contributed by atoms with E-state index in [4.69, 9.17) is 9.47 Å². The summed E-state index contributed by atoms with van der Waals surface area (Å²) in [6.45, 7) is 4.14. The first kappa shape index (κ1) is 19.7. The molecule has 0 bridgehead atoms. The molecule has 0 radical (unpaired) electrons. The first-order valence-electron chi connectivity index (χ1n) is 9.60. The molecule has 0 saturated carbocycles. The van der Waals surface area contributed by atoms with E-state index in [0.717, 1.165) is 38.4 Å². The molecule has 0 aliphatic carbocycles. The van der Waals surface area contributed by atoms with Gasteiger partial charge in [0.05, 0.1) is 17.0 Å². The maximum atomic E-state index is 12.5. The number of carbonyl (C=O) groups is 1. The highest BCUT2D eigenvalue weighted by atomic mass is 19.3. The van der Waals surface area contributed by atoms with Crippen LogP contribution in [0.5, 0.6) is 5.88 Å². The number of alkyl halides is 2. The third-order valence-electron chi connectivity index (χ3n) is 5.10. The van der Waals surface area contributed by atoms with Crippen LogP contribution in [-0.4, -0.2) is 85.8 Å². The predicted molar refractivity (Wildman–Crippen MR) is 102 cm³/mol. The number of ether oxygens (including phenoxy) is 2. The number of fused-ring (bicyclic) bond motifs is 1. The molecule has 1 aromatic heterocycles. The van der Waals surface area contributed by atoms with E-state index in [9.17, 15) is 13.6 Å². The molecule has 1 N–H and O–H groups in total. The Morgan fingerprint density at radius 1 is 1.24 bits per heavy atom. The summed E-state index contributed by atoms with van der Waals surface area (Å²) in [4.78, 5) is 23.9. The lowest BCUT2D eigenvalue weighted by Crippen LogP contribution is -2.52. The summed E-state index contributed by atoms with van der Waals surface area (Å²) in [6.07, 6.45) is -1.22. The van der Waals surface area contributed by atoms with Crippen molar-refractivity contribution in [2.45, 2.75) is 12.5 Å². The molecule has 2 aliphatic heterocycles. The van der Waals surface area contributed by atoms with Crippen LogP contribution in [0.2, 0.25) is 0 Å². The number of amides is 1. The van der Waals surface area contributed by atoms with Crippen molar-refractivity contribution >= 4 is 22.5 Å². The highest BCUT2D eigenvalue weighted by Gasteiger charge is 2.24. The molecule has 0 spiro atoms. The van der Waals surface area contributed by atoms with Gasteiger partial charge in [0.15, 0.2) is 6.61 Å². The van der Waals surface area contributed by atoms with Crippen molar-refractivity contribution in [1.82, 2.24) is 20.2 Å². The maximum Gasteiger partial charge on any atom is 0.272 e. The summed E-state index contributed by atoms with van der Waals surface area (Å²) in [6, 6.07) is 5.72. The van der Waals surface area contributed by atoms with Crippen molar-refractivity contribution in [1.29, 1.82) is 0 Å². The van der Waals surface area contributed by atoms with Gasteiger partial charge in [0, 0.05) is 45.0 Å². The van der Waals surface area contributed by atoms with E-state index in [1.165, 1.54) is 6.33 Å². The third-order valence-corrected chi connectivity index (χ3v) is 5.10. The zero-order valence-electron chi connectivity index (χ0n) is 15.9. The molecular weight excluding hydrogens is 384 g/mol. The van der Waals surface area contributed by atoms with E-state index >= 15 is 0 Å². The highest BCUT2D eigenvalue weighted by Crippen LogP contribution is 2.27. The van der Waals surface area contributed by atoms with Crippen molar-refractivity contribution in [3.8, 4) is 5.88 Å². The lowest BCUT2D eigenvalue weighted by atomic mass is 10.1. The first-order chi connectivity index (χ1) is 14.1. The standard InChI is InChI=1S/C19H23F2N5O3/c20-17(21)10-29-19-15-7-13(1-2-16(15)23-12-24-19)26-5-3-25(4-6-26)9-14-8-22-18(27)11-28-14/h1-2,7,12,14,17H,3-6,8-11H2,(H,22,27). The number of morpholine rings is 1. The van der Waals surface area contributed by atoms with Crippen LogP contribution in [0.15, 0.2) is 24.5 Å². The smallest absolute Gasteiger partial charge is 0.272 e. The molecular formula is C19H23F2N5O3. The Morgan fingerprint density at radius 2 is 2.07 bits per heavy atom. The Hall–Kier alpha value is -2.59. The molecule has 8 nitrogen and oxygen atoms in total. The fraction of sp³-hybridized carbons (Fsp3) is 0.526. The zero-order valence-corrected chi connectivity index (χ0v) is 15.9. The number of hydrogen-bond acceptors (Lipinski definition) is 7. The monoisotopic (exact) mass is 407 g/mol. The molecule has 4 rings (SSSR count). The van der Waals surface area contributed by atoms with Crippen LogP contribution in [0.4, 0.5) is 14.5 Å². The van der Waals surface area contributed by atoms with E-state index in [1.807, 2.05) is 18.2 Å². The maximum absolute atomic E-state index is 12.5. The zero-order chi connectivity index (χ0) is 20.2. The number of piperazine rings is 1. The van der Waals surface area contributed by atoms with Crippen molar-refractivity contribution in [2.75, 3.05) is 57.4 Å². The summed E-state index contributed by atoms with van der Waals surface area (Å²) < 4.78 is 35.7. The molecule has 156 valence electrons. The summed E-state index contributed by atoms with van der Waals surface area (Å²) in [5.41, 5.74) is 1.64. The number of halogens is 2. The van der Waals surface area contributed by atoms with Crippen LogP contribution in [-0.2, 0) is 9.53 Å². The van der Waals surface area contributed by atoms with Crippen LogP contribution in [0.1, 0.15) is 0 Å². The van der Waals surface area contributed by atoms with Gasteiger partial charge in [-0.05, 0) is 18.2 Å². The SMILES string of the molecule is O=C1COC(CN2CCN(c3ccc4ncnc(OCC(F)F)c4c3)CC2)CN1. The Kier molecular flexibility index (Phi) is 6.00. The van der Waals surface area contributed by atoms with Crippen molar-refractivity contribution in [3.63, 3.8) is 0 Å². The average molecular weight is 407 g/mol. The second kappa shape index (κ2) is 8.83. The molecule has 1 unspecified atom stereocenters. The Bertz CT molecular complexity index is 851. The lowest BCUT2D eigenvalue weighted by molar-refractivity contribution is -0.133. The van der Waals surface area contributed by atoms with Crippen LogP contribution < -0.4 is 15.0 Å². The quantitative estimate of drug-likeness (QED) is 0.763. The number of carbonyl (C=O) groups excluding carboxylic acids is 1. The van der Waals surface area contributed by atoms with Crippen molar-refractivity contribution in [3.05, 3.63) is 24.5 Å². The molecule has 1 atom stereocenters. The molecule has 2 aromatic rings. The topological polar surface area (TPSA) is 79.8 Å². The van der Waals surface area contributed by atoms with E-state index in [2.05, 4.69) is 25.1 Å². The number of nitrogens with one attached hydrogen (secondary N) is 1. The average Bonchev–Trinajstić information content (AvgIpc) is 2.74. The molecule has 1 amide bonds. The molecule has 29 heavy (non-hydrogen) atoms. The van der Waals surface area contributed by atoms with E-state index < -0.39 is 13.0 Å². The number of rotatable bonds is 6. The van der Waals surface area contributed by atoms with Gasteiger partial charge < -0.3 is 19.7 Å². The fourth-order valence-corrected chi connectivity index (χ4v) is 3.60. The molecule has 2 fully saturated rings. The van der Waals surface area contributed by atoms with Crippen LogP contribution in [0.3, 0.4) is 0 Å². The fourth-order valence-electron chi connectivity index (χ4n) is 3.60. The van der Waals surface area contributed by atoms with Crippen LogP contribution in [0, 0.1) is 0 Å². The van der Waals surface area contributed by atoms with E-state index in [0.29, 0.717) is 17.4 Å². The van der Waals surface area contributed by atoms with Crippen molar-refractivity contribution in [2.24, 2.45) is 0 Å². The number of hydrogen-bond donors (Lipinski definition) is 1. The Morgan fingerprint density at radius 3 is 2.79 bits per heavy atom. The van der Waals surface area contributed by atoms with Gasteiger partial charge in [-0.15, -0.1) is 0 Å². The number of aromatic nitrogens is 2. The first-order valence-corrected chi connectivity index (χ1v) is 9.60. The molecule has 1 aromatic carbocycles. The second-order valence-electron chi connectivity index (χ2n) is 7.11. The van der Waals surface area contributed by atoms with E-state index in [-0.39, 0.29) is 24.5 Å². The highest BCUT2D eigenvalue weighted by molar-refractivity contribution is 5.86. The van der Waals surface area contributed by atoms with Gasteiger partial charge in [0.1, 0.15) is 12.9 Å². The minimum Gasteiger partial charge on any atom is -0.471 e. The van der Waals surface area contributed by atoms with Gasteiger partial charge in [-0.25, -0.2) is 18.7 Å². The lowest BCUT2D eigenvalue weighted by Gasteiger charge is -2.38. The van der Waals surface area contributed by atoms with Gasteiger partial charge >= 0.3 is 0 Å². The molecule has 10 heteroatoms. The normalized spacial score (nSPS) is 20.9. The van der Waals surface area contributed by atoms with Gasteiger partial charge in [-0.1, -0.05) is 0 Å². The third kappa shape index (κ3) is 4.88. The molecule has 2 saturated heterocycles. The number of benzene rings is 1. The van der Waals surface area contributed by atoms with E-state index in [1.54, 1.807) is 0 Å². The molecule has 2 aliphatic rings. The van der Waals surface area contributed by atoms with Gasteiger partial charge in [0.2, 0.25) is 11.8 Å². The minimum atomic E-state index is -2.56. The Labute approximate surface area is 166 Å². The second-order valence-corrected chi connectivity index (χ2v) is 7.11. The van der Waals surface area contributed by atoms with Gasteiger partial charge in [-0.3, -0.25) is 9.69 Å². The van der Waals surface area contributed by atoms with Crippen LogP contribution in [0.25, 0.3) is 10.9 Å². The van der Waals surface area contributed by atoms with Gasteiger partial charge in [0.25, 0.3) is 6.43 Å².